The summed E-state index contributed by atoms with van der Waals surface area (Å²) >= 11 is 0. The van der Waals surface area contributed by atoms with Crippen molar-refractivity contribution < 1.29 is 19.4 Å². The van der Waals surface area contributed by atoms with Gasteiger partial charge in [0, 0.05) is 0 Å². The normalized spacial score (nSPS) is 9.82. The number of rotatable bonds is 9. The van der Waals surface area contributed by atoms with E-state index in [9.17, 15) is 9.59 Å². The van der Waals surface area contributed by atoms with E-state index in [0.29, 0.717) is 6.61 Å². The minimum atomic E-state index is -0.964. The van der Waals surface area contributed by atoms with Crippen LogP contribution in [0.1, 0.15) is 52.4 Å². The summed E-state index contributed by atoms with van der Waals surface area (Å²) in [4.78, 5) is 21.2. The monoisotopic (exact) mass is 254 g/mol. The molecule has 0 rings (SSSR count). The zero-order valence-corrected chi connectivity index (χ0v) is 10.2. The average molecular weight is 254 g/mol. The van der Waals surface area contributed by atoms with Gasteiger partial charge in [-0.1, -0.05) is 33.1 Å². The molecule has 0 amide bonds. The molecular weight excluding hydrogens is 231 g/mol. The van der Waals surface area contributed by atoms with E-state index >= 15 is 0 Å². The Morgan fingerprint density at radius 2 is 1.76 bits per heavy atom. The maximum absolute atomic E-state index is 11.0. The van der Waals surface area contributed by atoms with Crippen LogP contribution in [0, 0.1) is 5.92 Å². The van der Waals surface area contributed by atoms with Crippen LogP contribution in [-0.2, 0) is 14.3 Å². The molecule has 0 fully saturated rings. The Kier molecular flexibility index (Phi) is 14.1. The van der Waals surface area contributed by atoms with Crippen molar-refractivity contribution in [1.82, 2.24) is 0 Å². The molecule has 0 spiro atoms. The molecule has 0 heterocycles. The Bertz CT molecular complexity index is 217. The van der Waals surface area contributed by atoms with Crippen LogP contribution in [0.5, 0.6) is 0 Å². The molecule has 1 N–H and O–H groups in total. The Morgan fingerprint density at radius 1 is 1.12 bits per heavy atom. The van der Waals surface area contributed by atoms with Gasteiger partial charge in [-0.2, -0.15) is 0 Å². The second-order valence-electron chi connectivity index (χ2n) is 4.36. The number of hydrogen-bond acceptors (Lipinski definition) is 3. The van der Waals surface area contributed by atoms with Gasteiger partial charge >= 0.3 is 41.5 Å². The molecule has 5 heteroatoms. The van der Waals surface area contributed by atoms with E-state index in [2.05, 4.69) is 13.8 Å². The number of esters is 1. The van der Waals surface area contributed by atoms with Crippen LogP contribution in [0.3, 0.4) is 0 Å². The van der Waals surface area contributed by atoms with Gasteiger partial charge in [0.2, 0.25) is 0 Å². The first-order valence-corrected chi connectivity index (χ1v) is 5.89. The summed E-state index contributed by atoms with van der Waals surface area (Å²) in [6.45, 7) is 4.79. The Morgan fingerprint density at radius 3 is 2.29 bits per heavy atom. The quantitative estimate of drug-likeness (QED) is 0.388. The molecule has 17 heavy (non-hydrogen) atoms. The summed E-state index contributed by atoms with van der Waals surface area (Å²) in [7, 11) is 0. The summed E-state index contributed by atoms with van der Waals surface area (Å²) < 4.78 is 4.90. The van der Waals surface area contributed by atoms with Gasteiger partial charge in [-0.3, -0.25) is 9.59 Å². The number of hydrogen-bond donors (Lipinski definition) is 1. The van der Waals surface area contributed by atoms with Gasteiger partial charge in [0.05, 0.1) is 19.4 Å². The van der Waals surface area contributed by atoms with Crippen molar-refractivity contribution in [3.63, 3.8) is 0 Å². The second-order valence-corrected chi connectivity index (χ2v) is 4.36. The van der Waals surface area contributed by atoms with Crippen LogP contribution in [0.15, 0.2) is 0 Å². The third-order valence-corrected chi connectivity index (χ3v) is 2.23. The fraction of sp³-hybridized carbons (Fsp3) is 0.833. The van der Waals surface area contributed by atoms with Gasteiger partial charge in [-0.05, 0) is 12.3 Å². The van der Waals surface area contributed by atoms with Crippen molar-refractivity contribution in [2.24, 2.45) is 5.92 Å². The molecule has 0 aromatic rings. The van der Waals surface area contributed by atoms with E-state index in [-0.39, 0.29) is 42.4 Å². The number of ether oxygens (including phenoxy) is 1. The topological polar surface area (TPSA) is 63.6 Å². The third-order valence-electron chi connectivity index (χ3n) is 2.23. The predicted octanol–water partition coefficient (Wildman–Crippen LogP) is 1.96. The second kappa shape index (κ2) is 12.4. The number of unbranched alkanes of at least 4 members (excludes halogenated alkanes) is 2. The number of aliphatic carboxylic acids is 1. The van der Waals surface area contributed by atoms with E-state index in [1.807, 2.05) is 0 Å². The first kappa shape index (κ1) is 19.3. The SMILES string of the molecule is CC(C)CCCCCOC(=O)CCC(=O)O.[NaH]. The predicted molar refractivity (Wildman–Crippen MR) is 68.3 cm³/mol. The van der Waals surface area contributed by atoms with Gasteiger partial charge < -0.3 is 9.84 Å². The van der Waals surface area contributed by atoms with Crippen LogP contribution in [0.2, 0.25) is 0 Å². The van der Waals surface area contributed by atoms with Crippen molar-refractivity contribution in [3.8, 4) is 0 Å². The van der Waals surface area contributed by atoms with Crippen LogP contribution < -0.4 is 0 Å². The summed E-state index contributed by atoms with van der Waals surface area (Å²) in [6.07, 6.45) is 4.11. The third kappa shape index (κ3) is 15.9. The van der Waals surface area contributed by atoms with Crippen molar-refractivity contribution in [3.05, 3.63) is 0 Å². The molecule has 0 saturated carbocycles. The number of carboxylic acid groups (broad SMARTS) is 1. The molecule has 0 aliphatic heterocycles. The molecule has 0 atom stereocenters. The number of carbonyl (C=O) groups is 2. The average Bonchev–Trinajstić information content (AvgIpc) is 2.19. The van der Waals surface area contributed by atoms with Crippen LogP contribution in [0.4, 0.5) is 0 Å². The van der Waals surface area contributed by atoms with Crippen LogP contribution in [-0.4, -0.2) is 53.2 Å². The molecule has 0 saturated heterocycles. The Balaban J connectivity index is 0. The number of carboxylic acids is 1. The fourth-order valence-corrected chi connectivity index (χ4v) is 1.30. The van der Waals surface area contributed by atoms with Gasteiger partial charge in [0.1, 0.15) is 0 Å². The maximum atomic E-state index is 11.0. The minimum absolute atomic E-state index is 0. The molecule has 4 nitrogen and oxygen atoms in total. The van der Waals surface area contributed by atoms with E-state index in [4.69, 9.17) is 9.84 Å². The Hall–Kier alpha value is -0.0600. The van der Waals surface area contributed by atoms with Gasteiger partial charge in [-0.25, -0.2) is 0 Å². The van der Waals surface area contributed by atoms with Crippen LogP contribution in [0.25, 0.3) is 0 Å². The molecule has 96 valence electrons. The van der Waals surface area contributed by atoms with Crippen molar-refractivity contribution in [2.45, 2.75) is 52.4 Å². The molecule has 0 aromatic carbocycles. The first-order valence-electron chi connectivity index (χ1n) is 5.89. The molecule has 0 aliphatic rings. The van der Waals surface area contributed by atoms with Gasteiger partial charge in [-0.15, -0.1) is 0 Å². The van der Waals surface area contributed by atoms with Crippen molar-refractivity contribution in [2.75, 3.05) is 6.61 Å². The van der Waals surface area contributed by atoms with Crippen molar-refractivity contribution in [1.29, 1.82) is 0 Å². The molecule has 0 aromatic heterocycles. The summed E-state index contributed by atoms with van der Waals surface area (Å²) in [5, 5.41) is 8.35. The standard InChI is InChI=1S/C12H22O4.Na.H/c1-10(2)6-4-3-5-9-16-12(15)8-7-11(13)14;;/h10H,3-9H2,1-2H3,(H,13,14);;. The van der Waals surface area contributed by atoms with Gasteiger partial charge in [0.25, 0.3) is 0 Å². The zero-order chi connectivity index (χ0) is 12.4. The summed E-state index contributed by atoms with van der Waals surface area (Å²) in [5.74, 6) is -0.654. The number of carbonyl (C=O) groups excluding carboxylic acids is 1. The van der Waals surface area contributed by atoms with Crippen LogP contribution >= 0.6 is 0 Å². The molecular formula is C12H23NaO4. The van der Waals surface area contributed by atoms with E-state index in [1.165, 1.54) is 6.42 Å². The molecule has 0 radical (unpaired) electrons. The molecule has 0 unspecified atom stereocenters. The van der Waals surface area contributed by atoms with E-state index < -0.39 is 11.9 Å². The van der Waals surface area contributed by atoms with E-state index in [0.717, 1.165) is 25.2 Å². The summed E-state index contributed by atoms with van der Waals surface area (Å²) in [6, 6.07) is 0. The summed E-state index contributed by atoms with van der Waals surface area (Å²) in [5.41, 5.74) is 0. The van der Waals surface area contributed by atoms with Gasteiger partial charge in [0.15, 0.2) is 0 Å². The Labute approximate surface area is 125 Å². The zero-order valence-electron chi connectivity index (χ0n) is 10.2. The fourth-order valence-electron chi connectivity index (χ4n) is 1.30. The van der Waals surface area contributed by atoms with Crippen molar-refractivity contribution >= 4 is 41.5 Å². The van der Waals surface area contributed by atoms with E-state index in [1.54, 1.807) is 0 Å². The molecule has 0 bridgehead atoms. The first-order chi connectivity index (χ1) is 7.52. The molecule has 0 aliphatic carbocycles.